The molecule has 3 rings (SSSR count). The normalized spacial score (nSPS) is 29.4. The molecule has 109 valence electrons. The van der Waals surface area contributed by atoms with Crippen LogP contribution in [0.25, 0.3) is 6.08 Å². The molecule has 0 saturated heterocycles. The summed E-state index contributed by atoms with van der Waals surface area (Å²) in [5.74, 6) is 2.24. The summed E-state index contributed by atoms with van der Waals surface area (Å²) in [5.41, 5.74) is 2.14. The van der Waals surface area contributed by atoms with E-state index in [1.807, 2.05) is 20.3 Å². The second-order valence-electron chi connectivity index (χ2n) is 6.48. The molecule has 3 heteroatoms. The number of hydrogen-bond donors (Lipinski definition) is 0. The molecule has 0 spiro atoms. The standard InChI is InChI=1S/C18H23BNO/c1-19-15-7-9-16(20-12-15)8-6-14-11-17(21)10-13-4-2-3-5-18(13)14/h6-9,12-14,18H,2-5,10-11H2,1H3/b8-6+/t13-,14+,18+/m0/s1. The van der Waals surface area contributed by atoms with Crippen LogP contribution in [-0.2, 0) is 4.79 Å². The van der Waals surface area contributed by atoms with Gasteiger partial charge in [-0.2, -0.15) is 0 Å². The van der Waals surface area contributed by atoms with E-state index in [-0.39, 0.29) is 0 Å². The van der Waals surface area contributed by atoms with Crippen molar-refractivity contribution in [2.75, 3.05) is 0 Å². The number of Topliss-reactive ketones (excluding diaryl/α,β-unsaturated/α-hetero) is 1. The van der Waals surface area contributed by atoms with Crippen LogP contribution in [0.4, 0.5) is 0 Å². The van der Waals surface area contributed by atoms with Crippen molar-refractivity contribution in [3.8, 4) is 0 Å². The van der Waals surface area contributed by atoms with Crippen LogP contribution in [0.15, 0.2) is 24.4 Å². The summed E-state index contributed by atoms with van der Waals surface area (Å²) in [5, 5.41) is 0. The summed E-state index contributed by atoms with van der Waals surface area (Å²) in [6.45, 7) is 2.02. The minimum Gasteiger partial charge on any atom is -0.300 e. The van der Waals surface area contributed by atoms with Crippen LogP contribution < -0.4 is 5.46 Å². The maximum absolute atomic E-state index is 12.0. The van der Waals surface area contributed by atoms with Crippen molar-refractivity contribution in [3.05, 3.63) is 30.1 Å². The molecule has 0 bridgehead atoms. The molecule has 1 heterocycles. The first-order chi connectivity index (χ1) is 10.3. The number of carbonyl (C=O) groups excluding carboxylic acids is 1. The Morgan fingerprint density at radius 3 is 2.86 bits per heavy atom. The summed E-state index contributed by atoms with van der Waals surface area (Å²) < 4.78 is 0. The van der Waals surface area contributed by atoms with Crippen molar-refractivity contribution in [1.82, 2.24) is 4.98 Å². The lowest BCUT2D eigenvalue weighted by Gasteiger charge is -2.39. The minimum atomic E-state index is 0.427. The highest BCUT2D eigenvalue weighted by Crippen LogP contribution is 2.43. The van der Waals surface area contributed by atoms with E-state index in [0.717, 1.165) is 29.9 Å². The third-order valence-corrected chi connectivity index (χ3v) is 5.13. The lowest BCUT2D eigenvalue weighted by atomic mass is 9.65. The Morgan fingerprint density at radius 2 is 2.10 bits per heavy atom. The highest BCUT2D eigenvalue weighted by molar-refractivity contribution is 6.51. The maximum Gasteiger partial charge on any atom is 0.150 e. The molecule has 0 aliphatic heterocycles. The van der Waals surface area contributed by atoms with Gasteiger partial charge in [0.15, 0.2) is 0 Å². The number of carbonyl (C=O) groups is 1. The Kier molecular flexibility index (Phi) is 4.57. The molecule has 3 atom stereocenters. The van der Waals surface area contributed by atoms with Crippen LogP contribution in [0, 0.1) is 17.8 Å². The Labute approximate surface area is 128 Å². The maximum atomic E-state index is 12.0. The van der Waals surface area contributed by atoms with Gasteiger partial charge in [0, 0.05) is 19.0 Å². The summed E-state index contributed by atoms with van der Waals surface area (Å²) >= 11 is 0. The molecule has 2 aliphatic carbocycles. The molecular weight excluding hydrogens is 257 g/mol. The second-order valence-corrected chi connectivity index (χ2v) is 6.48. The SMILES string of the molecule is C[B]c1ccc(/C=C/[C@@H]2CC(=O)C[C@@H]3CCCC[C@H]32)nc1. The second kappa shape index (κ2) is 6.59. The van der Waals surface area contributed by atoms with Crippen molar-refractivity contribution in [1.29, 1.82) is 0 Å². The van der Waals surface area contributed by atoms with Crippen LogP contribution >= 0.6 is 0 Å². The van der Waals surface area contributed by atoms with Gasteiger partial charge in [-0.25, -0.2) is 0 Å². The Balaban J connectivity index is 1.71. The van der Waals surface area contributed by atoms with E-state index in [2.05, 4.69) is 29.3 Å². The predicted molar refractivity (Wildman–Crippen MR) is 87.7 cm³/mol. The molecule has 0 N–H and O–H groups in total. The van der Waals surface area contributed by atoms with Gasteiger partial charge in [0.25, 0.3) is 0 Å². The van der Waals surface area contributed by atoms with Gasteiger partial charge in [0.05, 0.1) is 5.69 Å². The average molecular weight is 280 g/mol. The van der Waals surface area contributed by atoms with Crippen molar-refractivity contribution >= 4 is 24.6 Å². The number of fused-ring (bicyclic) bond motifs is 1. The third-order valence-electron chi connectivity index (χ3n) is 5.13. The van der Waals surface area contributed by atoms with Gasteiger partial charge in [-0.3, -0.25) is 9.78 Å². The summed E-state index contributed by atoms with van der Waals surface area (Å²) in [7, 11) is 2.05. The molecule has 2 fully saturated rings. The molecule has 21 heavy (non-hydrogen) atoms. The third kappa shape index (κ3) is 3.45. The molecule has 2 saturated carbocycles. The summed E-state index contributed by atoms with van der Waals surface area (Å²) in [6, 6.07) is 4.14. The van der Waals surface area contributed by atoms with E-state index < -0.39 is 0 Å². The van der Waals surface area contributed by atoms with E-state index >= 15 is 0 Å². The van der Waals surface area contributed by atoms with Crippen molar-refractivity contribution in [2.24, 2.45) is 17.8 Å². The fourth-order valence-electron chi connectivity index (χ4n) is 3.96. The van der Waals surface area contributed by atoms with E-state index in [1.165, 1.54) is 25.7 Å². The van der Waals surface area contributed by atoms with Crippen molar-refractivity contribution in [2.45, 2.75) is 45.3 Å². The first-order valence-electron chi connectivity index (χ1n) is 8.21. The fraction of sp³-hybridized carbons (Fsp3) is 0.556. The Bertz CT molecular complexity index is 523. The van der Waals surface area contributed by atoms with Crippen LogP contribution in [0.2, 0.25) is 6.82 Å². The van der Waals surface area contributed by atoms with Gasteiger partial charge in [0.1, 0.15) is 13.1 Å². The minimum absolute atomic E-state index is 0.427. The average Bonchev–Trinajstić information content (AvgIpc) is 2.53. The molecule has 0 aromatic carbocycles. The van der Waals surface area contributed by atoms with E-state index in [9.17, 15) is 4.79 Å². The largest absolute Gasteiger partial charge is 0.300 e. The monoisotopic (exact) mass is 280 g/mol. The fourth-order valence-corrected chi connectivity index (χ4v) is 3.96. The van der Waals surface area contributed by atoms with Crippen LogP contribution in [0.3, 0.4) is 0 Å². The number of hydrogen-bond acceptors (Lipinski definition) is 2. The molecule has 1 aromatic rings. The number of pyridine rings is 1. The van der Waals surface area contributed by atoms with Gasteiger partial charge in [0.2, 0.25) is 0 Å². The van der Waals surface area contributed by atoms with Crippen LogP contribution in [0.5, 0.6) is 0 Å². The van der Waals surface area contributed by atoms with Gasteiger partial charge in [-0.1, -0.05) is 37.3 Å². The number of rotatable bonds is 3. The Hall–Kier alpha value is -1.38. The Morgan fingerprint density at radius 1 is 1.24 bits per heavy atom. The lowest BCUT2D eigenvalue weighted by molar-refractivity contribution is -0.124. The summed E-state index contributed by atoms with van der Waals surface area (Å²) in [4.78, 5) is 16.4. The van der Waals surface area contributed by atoms with Crippen LogP contribution in [0.1, 0.15) is 44.2 Å². The molecule has 1 radical (unpaired) electrons. The first-order valence-corrected chi connectivity index (χ1v) is 8.21. The first kappa shape index (κ1) is 14.6. The van der Waals surface area contributed by atoms with Gasteiger partial charge >= 0.3 is 0 Å². The zero-order valence-corrected chi connectivity index (χ0v) is 12.8. The number of aromatic nitrogens is 1. The highest BCUT2D eigenvalue weighted by atomic mass is 16.1. The summed E-state index contributed by atoms with van der Waals surface area (Å²) in [6.07, 6.45) is 13.0. The van der Waals surface area contributed by atoms with Crippen molar-refractivity contribution < 1.29 is 4.79 Å². The lowest BCUT2D eigenvalue weighted by Crippen LogP contribution is -2.34. The van der Waals surface area contributed by atoms with Gasteiger partial charge < -0.3 is 0 Å². The highest BCUT2D eigenvalue weighted by Gasteiger charge is 2.36. The molecule has 0 unspecified atom stereocenters. The number of allylic oxidation sites excluding steroid dienone is 1. The topological polar surface area (TPSA) is 30.0 Å². The van der Waals surface area contributed by atoms with E-state index in [4.69, 9.17) is 0 Å². The van der Waals surface area contributed by atoms with E-state index in [1.54, 1.807) is 0 Å². The van der Waals surface area contributed by atoms with Crippen LogP contribution in [-0.4, -0.2) is 18.0 Å². The quantitative estimate of drug-likeness (QED) is 0.795. The van der Waals surface area contributed by atoms with Gasteiger partial charge in [-0.15, -0.1) is 0 Å². The number of ketones is 1. The molecule has 2 aliphatic rings. The predicted octanol–water partition coefficient (Wildman–Crippen LogP) is 3.26. The zero-order valence-electron chi connectivity index (χ0n) is 12.8. The molecule has 1 aromatic heterocycles. The number of nitrogens with zero attached hydrogens (tertiary/aromatic N) is 1. The molecule has 2 nitrogen and oxygen atoms in total. The molecular formula is C18H23BNO. The zero-order chi connectivity index (χ0) is 14.7. The van der Waals surface area contributed by atoms with E-state index in [0.29, 0.717) is 17.6 Å². The van der Waals surface area contributed by atoms with Crippen molar-refractivity contribution in [3.63, 3.8) is 0 Å². The molecule has 0 amide bonds. The smallest absolute Gasteiger partial charge is 0.150 e. The van der Waals surface area contributed by atoms with Gasteiger partial charge in [-0.05, 0) is 42.7 Å².